The van der Waals surface area contributed by atoms with Gasteiger partial charge in [-0.15, -0.1) is 0 Å². The minimum Gasteiger partial charge on any atom is -0.483 e. The minimum absolute atomic E-state index is 0.00508. The molecule has 3 rings (SSSR count). The van der Waals surface area contributed by atoms with Crippen molar-refractivity contribution in [1.29, 1.82) is 0 Å². The van der Waals surface area contributed by atoms with Crippen LogP contribution in [0.4, 0.5) is 0 Å². The van der Waals surface area contributed by atoms with Gasteiger partial charge in [-0.05, 0) is 38.1 Å². The number of fused-ring (bicyclic) bond motifs is 1. The Morgan fingerprint density at radius 2 is 2.12 bits per heavy atom. The highest BCUT2D eigenvalue weighted by Crippen LogP contribution is 2.25. The first-order chi connectivity index (χ1) is 11.5. The first-order valence-corrected chi connectivity index (χ1v) is 7.99. The highest BCUT2D eigenvalue weighted by molar-refractivity contribution is 5.87. The smallest absolute Gasteiger partial charge is 0.258 e. The van der Waals surface area contributed by atoms with Gasteiger partial charge in [0.2, 0.25) is 0 Å². The van der Waals surface area contributed by atoms with E-state index in [-0.39, 0.29) is 12.5 Å². The topological polar surface area (TPSA) is 61.1 Å². The molecule has 0 aliphatic rings. The third-order valence-electron chi connectivity index (χ3n) is 4.00. The van der Waals surface area contributed by atoms with Crippen molar-refractivity contribution in [3.63, 3.8) is 0 Å². The average molecular weight is 326 g/mol. The minimum atomic E-state index is -0.135. The van der Waals surface area contributed by atoms with Crippen LogP contribution in [0.15, 0.2) is 36.5 Å². The van der Waals surface area contributed by atoms with Crippen molar-refractivity contribution < 1.29 is 9.53 Å². The summed E-state index contributed by atoms with van der Waals surface area (Å²) in [5.41, 5.74) is 3.16. The SMILES string of the molecule is Cc1cc(C)n(CCNC(=O)COc2cccc3c2ccn3C)n1. The van der Waals surface area contributed by atoms with E-state index < -0.39 is 0 Å². The molecular weight excluding hydrogens is 304 g/mol. The summed E-state index contributed by atoms with van der Waals surface area (Å²) >= 11 is 0. The standard InChI is InChI=1S/C18H22N4O2/c1-13-11-14(2)22(20-13)10-8-19-18(23)12-24-17-6-4-5-16-15(17)7-9-21(16)3/h4-7,9,11H,8,10,12H2,1-3H3,(H,19,23). The van der Waals surface area contributed by atoms with E-state index >= 15 is 0 Å². The van der Waals surface area contributed by atoms with Crippen LogP contribution in [-0.4, -0.2) is 33.4 Å². The molecule has 0 unspecified atom stereocenters. The number of aryl methyl sites for hydroxylation is 3. The van der Waals surface area contributed by atoms with Gasteiger partial charge in [0.25, 0.3) is 5.91 Å². The lowest BCUT2D eigenvalue weighted by atomic mass is 10.2. The van der Waals surface area contributed by atoms with Crippen molar-refractivity contribution in [1.82, 2.24) is 19.7 Å². The average Bonchev–Trinajstić information content (AvgIpc) is 3.08. The molecule has 1 N–H and O–H groups in total. The number of amides is 1. The number of carbonyl (C=O) groups is 1. The Labute approximate surface area is 141 Å². The van der Waals surface area contributed by atoms with Crippen molar-refractivity contribution >= 4 is 16.8 Å². The van der Waals surface area contributed by atoms with E-state index in [1.165, 1.54) is 0 Å². The van der Waals surface area contributed by atoms with E-state index in [0.717, 1.165) is 28.0 Å². The van der Waals surface area contributed by atoms with Crippen LogP contribution in [0.1, 0.15) is 11.4 Å². The predicted molar refractivity (Wildman–Crippen MR) is 93.1 cm³/mol. The molecule has 0 saturated carbocycles. The van der Waals surface area contributed by atoms with Gasteiger partial charge in [0.1, 0.15) is 5.75 Å². The van der Waals surface area contributed by atoms with Gasteiger partial charge in [-0.2, -0.15) is 5.10 Å². The highest BCUT2D eigenvalue weighted by atomic mass is 16.5. The summed E-state index contributed by atoms with van der Waals surface area (Å²) in [4.78, 5) is 12.0. The molecule has 0 spiro atoms. The summed E-state index contributed by atoms with van der Waals surface area (Å²) in [5.74, 6) is 0.589. The number of rotatable bonds is 6. The normalized spacial score (nSPS) is 11.0. The molecule has 0 aliphatic heterocycles. The molecule has 1 amide bonds. The second-order valence-corrected chi connectivity index (χ2v) is 5.90. The van der Waals surface area contributed by atoms with Crippen LogP contribution >= 0.6 is 0 Å². The van der Waals surface area contributed by atoms with E-state index in [1.54, 1.807) is 0 Å². The van der Waals surface area contributed by atoms with E-state index in [2.05, 4.69) is 10.4 Å². The second kappa shape index (κ2) is 6.78. The van der Waals surface area contributed by atoms with E-state index in [1.807, 2.05) is 66.7 Å². The summed E-state index contributed by atoms with van der Waals surface area (Å²) in [6.45, 7) is 5.15. The van der Waals surface area contributed by atoms with Gasteiger partial charge in [-0.25, -0.2) is 0 Å². The summed E-state index contributed by atoms with van der Waals surface area (Å²) in [5, 5.41) is 8.24. The van der Waals surface area contributed by atoms with Crippen LogP contribution in [-0.2, 0) is 18.4 Å². The molecule has 6 nitrogen and oxygen atoms in total. The van der Waals surface area contributed by atoms with Gasteiger partial charge in [0.05, 0.1) is 17.8 Å². The molecule has 2 aromatic heterocycles. The lowest BCUT2D eigenvalue weighted by Crippen LogP contribution is -2.32. The molecule has 0 atom stereocenters. The molecule has 0 bridgehead atoms. The van der Waals surface area contributed by atoms with Crippen LogP contribution in [0.2, 0.25) is 0 Å². The van der Waals surface area contributed by atoms with Crippen LogP contribution in [0.25, 0.3) is 10.9 Å². The van der Waals surface area contributed by atoms with Crippen LogP contribution in [0, 0.1) is 13.8 Å². The fourth-order valence-corrected chi connectivity index (χ4v) is 2.80. The third-order valence-corrected chi connectivity index (χ3v) is 4.00. The summed E-state index contributed by atoms with van der Waals surface area (Å²) < 4.78 is 9.59. The van der Waals surface area contributed by atoms with Gasteiger partial charge in [-0.3, -0.25) is 9.48 Å². The molecule has 0 aliphatic carbocycles. The molecular formula is C18H22N4O2. The Morgan fingerprint density at radius 1 is 1.29 bits per heavy atom. The largest absolute Gasteiger partial charge is 0.483 e. The maximum absolute atomic E-state index is 12.0. The quantitative estimate of drug-likeness (QED) is 0.755. The van der Waals surface area contributed by atoms with Crippen LogP contribution in [0.3, 0.4) is 0 Å². The van der Waals surface area contributed by atoms with E-state index in [0.29, 0.717) is 13.1 Å². The van der Waals surface area contributed by atoms with Gasteiger partial charge < -0.3 is 14.6 Å². The van der Waals surface area contributed by atoms with Gasteiger partial charge in [-0.1, -0.05) is 6.07 Å². The lowest BCUT2D eigenvalue weighted by molar-refractivity contribution is -0.123. The number of nitrogens with one attached hydrogen (secondary N) is 1. The molecule has 6 heteroatoms. The summed E-state index contributed by atoms with van der Waals surface area (Å²) in [6, 6.07) is 9.84. The molecule has 126 valence electrons. The Hall–Kier alpha value is -2.76. The highest BCUT2D eigenvalue weighted by Gasteiger charge is 2.08. The molecule has 3 aromatic rings. The molecule has 0 radical (unpaired) electrons. The maximum atomic E-state index is 12.0. The molecule has 0 saturated heterocycles. The number of carbonyl (C=O) groups excluding carboxylic acids is 1. The number of nitrogens with zero attached hydrogens (tertiary/aromatic N) is 3. The fourth-order valence-electron chi connectivity index (χ4n) is 2.80. The number of ether oxygens (including phenoxy) is 1. The fraction of sp³-hybridized carbons (Fsp3) is 0.333. The Balaban J connectivity index is 1.51. The van der Waals surface area contributed by atoms with Crippen molar-refractivity contribution in [3.05, 3.63) is 47.9 Å². The zero-order valence-electron chi connectivity index (χ0n) is 14.2. The van der Waals surface area contributed by atoms with Gasteiger partial charge in [0, 0.05) is 30.9 Å². The number of hydrogen-bond acceptors (Lipinski definition) is 3. The summed E-state index contributed by atoms with van der Waals surface area (Å²) in [7, 11) is 1.98. The summed E-state index contributed by atoms with van der Waals surface area (Å²) in [6.07, 6.45) is 1.98. The third kappa shape index (κ3) is 3.42. The van der Waals surface area contributed by atoms with E-state index in [4.69, 9.17) is 4.74 Å². The first-order valence-electron chi connectivity index (χ1n) is 7.99. The Morgan fingerprint density at radius 3 is 2.88 bits per heavy atom. The van der Waals surface area contributed by atoms with Crippen molar-refractivity contribution in [2.24, 2.45) is 7.05 Å². The van der Waals surface area contributed by atoms with Crippen molar-refractivity contribution in [3.8, 4) is 5.75 Å². The van der Waals surface area contributed by atoms with Crippen molar-refractivity contribution in [2.75, 3.05) is 13.2 Å². The van der Waals surface area contributed by atoms with E-state index in [9.17, 15) is 4.79 Å². The Bertz CT molecular complexity index is 863. The zero-order valence-corrected chi connectivity index (χ0v) is 14.2. The Kier molecular flexibility index (Phi) is 4.55. The second-order valence-electron chi connectivity index (χ2n) is 5.90. The van der Waals surface area contributed by atoms with Gasteiger partial charge in [0.15, 0.2) is 6.61 Å². The zero-order chi connectivity index (χ0) is 17.1. The molecule has 2 heterocycles. The van der Waals surface area contributed by atoms with Crippen LogP contribution in [0.5, 0.6) is 5.75 Å². The number of hydrogen-bond donors (Lipinski definition) is 1. The first kappa shape index (κ1) is 16.1. The predicted octanol–water partition coefficient (Wildman–Crippen LogP) is 2.19. The van der Waals surface area contributed by atoms with Crippen LogP contribution < -0.4 is 10.1 Å². The monoisotopic (exact) mass is 326 g/mol. The lowest BCUT2D eigenvalue weighted by Gasteiger charge is -2.09. The maximum Gasteiger partial charge on any atom is 0.258 e. The van der Waals surface area contributed by atoms with Gasteiger partial charge >= 0.3 is 0 Å². The number of benzene rings is 1. The number of aromatic nitrogens is 3. The van der Waals surface area contributed by atoms with Crippen molar-refractivity contribution in [2.45, 2.75) is 20.4 Å². The molecule has 0 fully saturated rings. The molecule has 24 heavy (non-hydrogen) atoms. The molecule has 1 aromatic carbocycles.